The van der Waals surface area contributed by atoms with E-state index in [-0.39, 0.29) is 5.91 Å². The van der Waals surface area contributed by atoms with Crippen LogP contribution in [0.1, 0.15) is 24.1 Å². The SMILES string of the molecule is CC1=C(C(=O)Nc2cccc(C)c2)C(c2ccc(N(C)C)cc2)n2nnnc2N1. The summed E-state index contributed by atoms with van der Waals surface area (Å²) < 4.78 is 1.64. The lowest BCUT2D eigenvalue weighted by Gasteiger charge is -2.28. The highest BCUT2D eigenvalue weighted by molar-refractivity contribution is 6.06. The summed E-state index contributed by atoms with van der Waals surface area (Å²) >= 11 is 0. The number of benzene rings is 2. The number of nitrogens with zero attached hydrogens (tertiary/aromatic N) is 5. The Kier molecular flexibility index (Phi) is 4.75. The maximum Gasteiger partial charge on any atom is 0.255 e. The number of tetrazole rings is 1. The van der Waals surface area contributed by atoms with E-state index in [4.69, 9.17) is 0 Å². The molecule has 0 bridgehead atoms. The van der Waals surface area contributed by atoms with E-state index in [0.29, 0.717) is 11.5 Å². The number of anilines is 3. The normalized spacial score (nSPS) is 15.5. The first-order valence-electron chi connectivity index (χ1n) is 9.35. The number of hydrogen-bond acceptors (Lipinski definition) is 6. The number of fused-ring (bicyclic) bond motifs is 1. The molecular weight excluding hydrogens is 366 g/mol. The molecule has 0 aliphatic carbocycles. The molecule has 3 aromatic rings. The van der Waals surface area contributed by atoms with E-state index in [1.807, 2.05) is 81.4 Å². The topological polar surface area (TPSA) is 88.0 Å². The Morgan fingerprint density at radius 2 is 1.90 bits per heavy atom. The fourth-order valence-electron chi connectivity index (χ4n) is 3.49. The second-order valence-corrected chi connectivity index (χ2v) is 7.32. The summed E-state index contributed by atoms with van der Waals surface area (Å²) in [5.74, 6) is 0.319. The number of carbonyl (C=O) groups excluding carboxylic acids is 1. The average Bonchev–Trinajstić information content (AvgIpc) is 3.14. The molecule has 29 heavy (non-hydrogen) atoms. The molecule has 0 saturated heterocycles. The molecule has 148 valence electrons. The van der Waals surface area contributed by atoms with Crippen molar-refractivity contribution in [3.8, 4) is 0 Å². The first-order chi connectivity index (χ1) is 13.9. The molecule has 0 saturated carbocycles. The van der Waals surface area contributed by atoms with Crippen LogP contribution in [0, 0.1) is 6.92 Å². The minimum atomic E-state index is -0.428. The van der Waals surface area contributed by atoms with Gasteiger partial charge in [-0.25, -0.2) is 0 Å². The second-order valence-electron chi connectivity index (χ2n) is 7.32. The summed E-state index contributed by atoms with van der Waals surface area (Å²) in [6.07, 6.45) is 0. The van der Waals surface area contributed by atoms with Gasteiger partial charge in [-0.05, 0) is 59.7 Å². The van der Waals surface area contributed by atoms with E-state index in [1.54, 1.807) is 4.68 Å². The van der Waals surface area contributed by atoms with Gasteiger partial charge in [-0.2, -0.15) is 4.68 Å². The first-order valence-corrected chi connectivity index (χ1v) is 9.35. The Bertz CT molecular complexity index is 1080. The zero-order valence-corrected chi connectivity index (χ0v) is 16.8. The molecule has 0 fully saturated rings. The van der Waals surface area contributed by atoms with Crippen molar-refractivity contribution in [1.82, 2.24) is 20.2 Å². The molecule has 2 heterocycles. The molecule has 1 aromatic heterocycles. The van der Waals surface area contributed by atoms with Crippen LogP contribution >= 0.6 is 0 Å². The van der Waals surface area contributed by atoms with Crippen molar-refractivity contribution in [2.75, 3.05) is 29.6 Å². The maximum atomic E-state index is 13.3. The van der Waals surface area contributed by atoms with Crippen LogP contribution in [0.25, 0.3) is 0 Å². The van der Waals surface area contributed by atoms with Gasteiger partial charge in [0.2, 0.25) is 5.95 Å². The molecule has 1 unspecified atom stereocenters. The molecule has 1 atom stereocenters. The highest BCUT2D eigenvalue weighted by Gasteiger charge is 2.34. The summed E-state index contributed by atoms with van der Waals surface area (Å²) in [7, 11) is 3.98. The first kappa shape index (κ1) is 18.7. The van der Waals surface area contributed by atoms with Crippen molar-refractivity contribution in [1.29, 1.82) is 0 Å². The van der Waals surface area contributed by atoms with E-state index < -0.39 is 6.04 Å². The number of nitrogens with one attached hydrogen (secondary N) is 2. The van der Waals surface area contributed by atoms with Crippen LogP contribution in [-0.4, -0.2) is 40.2 Å². The number of aromatic nitrogens is 4. The van der Waals surface area contributed by atoms with Gasteiger partial charge in [0.15, 0.2) is 0 Å². The molecule has 8 heteroatoms. The van der Waals surface area contributed by atoms with Gasteiger partial charge in [-0.3, -0.25) is 4.79 Å². The van der Waals surface area contributed by atoms with Crippen LogP contribution in [-0.2, 0) is 4.79 Å². The fraction of sp³-hybridized carbons (Fsp3) is 0.238. The molecule has 0 spiro atoms. The van der Waals surface area contributed by atoms with Gasteiger partial charge in [0.25, 0.3) is 5.91 Å². The standard InChI is InChI=1S/C21H23N7O/c1-13-6-5-7-16(12-13)23-20(29)18-14(2)22-21-24-25-26-28(21)19(18)15-8-10-17(11-9-15)27(3)4/h5-12,19H,1-4H3,(H,23,29)(H,22,24,26). The van der Waals surface area contributed by atoms with Crippen LogP contribution in [0.3, 0.4) is 0 Å². The predicted molar refractivity (Wildman–Crippen MR) is 113 cm³/mol. The van der Waals surface area contributed by atoms with Crippen molar-refractivity contribution >= 4 is 23.2 Å². The molecular formula is C21H23N7O. The number of aryl methyl sites for hydroxylation is 1. The monoisotopic (exact) mass is 389 g/mol. The molecule has 1 aliphatic rings. The van der Waals surface area contributed by atoms with E-state index >= 15 is 0 Å². The van der Waals surface area contributed by atoms with Crippen LogP contribution in [0.15, 0.2) is 59.8 Å². The Hall–Kier alpha value is -3.68. The summed E-state index contributed by atoms with van der Waals surface area (Å²) in [4.78, 5) is 15.3. The zero-order valence-electron chi connectivity index (χ0n) is 16.8. The number of amides is 1. The van der Waals surface area contributed by atoms with Gasteiger partial charge in [-0.15, -0.1) is 0 Å². The quantitative estimate of drug-likeness (QED) is 0.713. The van der Waals surface area contributed by atoms with Gasteiger partial charge in [0.05, 0.1) is 5.57 Å². The van der Waals surface area contributed by atoms with E-state index in [0.717, 1.165) is 28.2 Å². The average molecular weight is 389 g/mol. The molecule has 8 nitrogen and oxygen atoms in total. The van der Waals surface area contributed by atoms with Gasteiger partial charge in [-0.1, -0.05) is 29.4 Å². The Labute approximate surface area is 169 Å². The lowest BCUT2D eigenvalue weighted by molar-refractivity contribution is -0.113. The molecule has 0 radical (unpaired) electrons. The van der Waals surface area contributed by atoms with Crippen molar-refractivity contribution in [3.05, 3.63) is 70.9 Å². The molecule has 1 amide bonds. The molecule has 2 N–H and O–H groups in total. The largest absolute Gasteiger partial charge is 0.378 e. The van der Waals surface area contributed by atoms with E-state index in [9.17, 15) is 4.79 Å². The second kappa shape index (κ2) is 7.38. The van der Waals surface area contributed by atoms with Crippen molar-refractivity contribution in [3.63, 3.8) is 0 Å². The predicted octanol–water partition coefficient (Wildman–Crippen LogP) is 2.98. The van der Waals surface area contributed by atoms with Crippen LogP contribution in [0.4, 0.5) is 17.3 Å². The highest BCUT2D eigenvalue weighted by Crippen LogP contribution is 2.35. The zero-order chi connectivity index (χ0) is 20.5. The van der Waals surface area contributed by atoms with Gasteiger partial charge < -0.3 is 15.5 Å². The number of allylic oxidation sites excluding steroid dienone is 1. The summed E-state index contributed by atoms with van der Waals surface area (Å²) in [5.41, 5.74) is 5.13. The lowest BCUT2D eigenvalue weighted by Crippen LogP contribution is -2.31. The summed E-state index contributed by atoms with van der Waals surface area (Å²) in [6, 6.07) is 15.3. The fourth-order valence-corrected chi connectivity index (χ4v) is 3.49. The van der Waals surface area contributed by atoms with Gasteiger partial charge in [0, 0.05) is 31.2 Å². The van der Waals surface area contributed by atoms with Crippen molar-refractivity contribution in [2.24, 2.45) is 0 Å². The Morgan fingerprint density at radius 3 is 2.59 bits per heavy atom. The van der Waals surface area contributed by atoms with Gasteiger partial charge >= 0.3 is 0 Å². The van der Waals surface area contributed by atoms with Crippen LogP contribution in [0.5, 0.6) is 0 Å². The number of carbonyl (C=O) groups is 1. The smallest absolute Gasteiger partial charge is 0.255 e. The van der Waals surface area contributed by atoms with Crippen molar-refractivity contribution in [2.45, 2.75) is 19.9 Å². The molecule has 1 aliphatic heterocycles. The third kappa shape index (κ3) is 3.56. The molecule has 4 rings (SSSR count). The van der Waals surface area contributed by atoms with Crippen LogP contribution in [0.2, 0.25) is 0 Å². The number of hydrogen-bond donors (Lipinski definition) is 2. The molecule has 2 aromatic carbocycles. The Morgan fingerprint density at radius 1 is 1.14 bits per heavy atom. The summed E-state index contributed by atoms with van der Waals surface area (Å²) in [5, 5.41) is 18.1. The maximum absolute atomic E-state index is 13.3. The minimum Gasteiger partial charge on any atom is -0.378 e. The summed E-state index contributed by atoms with van der Waals surface area (Å²) in [6.45, 7) is 3.86. The van der Waals surface area contributed by atoms with Crippen molar-refractivity contribution < 1.29 is 4.79 Å². The minimum absolute atomic E-state index is 0.191. The lowest BCUT2D eigenvalue weighted by atomic mass is 9.94. The van der Waals surface area contributed by atoms with E-state index in [2.05, 4.69) is 26.2 Å². The number of rotatable bonds is 4. The van der Waals surface area contributed by atoms with Gasteiger partial charge in [0.1, 0.15) is 6.04 Å². The third-order valence-electron chi connectivity index (χ3n) is 4.96. The third-order valence-corrected chi connectivity index (χ3v) is 4.96. The van der Waals surface area contributed by atoms with E-state index in [1.165, 1.54) is 0 Å². The highest BCUT2D eigenvalue weighted by atomic mass is 16.1. The van der Waals surface area contributed by atoms with Crippen LogP contribution < -0.4 is 15.5 Å². The Balaban J connectivity index is 1.74.